The van der Waals surface area contributed by atoms with Crippen molar-refractivity contribution in [1.29, 1.82) is 0 Å². The number of nitrogens with one attached hydrogen (secondary N) is 1. The fraction of sp³-hybridized carbons (Fsp3) is 0.222. The van der Waals surface area contributed by atoms with Crippen LogP contribution in [-0.2, 0) is 11.3 Å². The molecule has 8 heteroatoms. The molecule has 6 nitrogen and oxygen atoms in total. The van der Waals surface area contributed by atoms with Crippen molar-refractivity contribution in [2.24, 2.45) is 0 Å². The first kappa shape index (κ1) is 17.0. The summed E-state index contributed by atoms with van der Waals surface area (Å²) in [6.07, 6.45) is 0. The number of nitrogens with zero attached hydrogens (tertiary/aromatic N) is 4. The number of amides is 1. The molecular weight excluding hydrogens is 366 g/mol. The lowest BCUT2D eigenvalue weighted by molar-refractivity contribution is -0.118. The number of fused-ring (bicyclic) bond motifs is 3. The molecule has 4 aromatic rings. The normalized spacial score (nSPS) is 11.3. The lowest BCUT2D eigenvalue weighted by atomic mass is 10.2. The SMILES string of the molecule is Cc1nc2c3ccccc3nc(SCC(=O)NCc3sccc3C)n2n1. The van der Waals surface area contributed by atoms with Gasteiger partial charge in [0.15, 0.2) is 10.8 Å². The second kappa shape index (κ2) is 7.05. The molecule has 4 rings (SSSR count). The first-order chi connectivity index (χ1) is 12.6. The van der Waals surface area contributed by atoms with Crippen LogP contribution in [0.2, 0.25) is 0 Å². The topological polar surface area (TPSA) is 72.2 Å². The lowest BCUT2D eigenvalue weighted by Crippen LogP contribution is -2.24. The Hall–Kier alpha value is -2.45. The molecule has 3 heterocycles. The fourth-order valence-electron chi connectivity index (χ4n) is 2.67. The Morgan fingerprint density at radius 2 is 2.08 bits per heavy atom. The molecule has 0 atom stereocenters. The van der Waals surface area contributed by atoms with Crippen LogP contribution in [0.15, 0.2) is 40.9 Å². The molecule has 0 aliphatic carbocycles. The van der Waals surface area contributed by atoms with Gasteiger partial charge in [-0.1, -0.05) is 23.9 Å². The van der Waals surface area contributed by atoms with E-state index in [1.54, 1.807) is 15.9 Å². The van der Waals surface area contributed by atoms with Crippen LogP contribution in [0.3, 0.4) is 0 Å². The average Bonchev–Trinajstić information content (AvgIpc) is 3.23. The van der Waals surface area contributed by atoms with Gasteiger partial charge in [0.05, 0.1) is 17.8 Å². The molecule has 1 N–H and O–H groups in total. The van der Waals surface area contributed by atoms with Gasteiger partial charge in [-0.3, -0.25) is 4.79 Å². The van der Waals surface area contributed by atoms with E-state index >= 15 is 0 Å². The van der Waals surface area contributed by atoms with Crippen molar-refractivity contribution < 1.29 is 4.79 Å². The van der Waals surface area contributed by atoms with Crippen LogP contribution in [0.1, 0.15) is 16.3 Å². The molecule has 26 heavy (non-hydrogen) atoms. The Labute approximate surface area is 158 Å². The highest BCUT2D eigenvalue weighted by Gasteiger charge is 2.14. The quantitative estimate of drug-likeness (QED) is 0.423. The van der Waals surface area contributed by atoms with Crippen molar-refractivity contribution in [2.45, 2.75) is 25.5 Å². The second-order valence-electron chi connectivity index (χ2n) is 5.90. The number of benzene rings is 1. The molecule has 0 radical (unpaired) electrons. The maximum atomic E-state index is 12.2. The summed E-state index contributed by atoms with van der Waals surface area (Å²) in [6.45, 7) is 4.47. The number of hydrogen-bond acceptors (Lipinski definition) is 6. The van der Waals surface area contributed by atoms with Crippen molar-refractivity contribution in [1.82, 2.24) is 24.9 Å². The van der Waals surface area contributed by atoms with Gasteiger partial charge < -0.3 is 5.32 Å². The largest absolute Gasteiger partial charge is 0.350 e. The molecule has 1 amide bonds. The molecule has 0 bridgehead atoms. The van der Waals surface area contributed by atoms with Gasteiger partial charge in [-0.15, -0.1) is 16.4 Å². The number of aryl methyl sites for hydroxylation is 2. The zero-order chi connectivity index (χ0) is 18.1. The van der Waals surface area contributed by atoms with Crippen molar-refractivity contribution >= 4 is 45.6 Å². The number of aromatic nitrogens is 4. The van der Waals surface area contributed by atoms with E-state index in [0.29, 0.717) is 17.5 Å². The van der Waals surface area contributed by atoms with Crippen LogP contribution in [0.25, 0.3) is 16.6 Å². The van der Waals surface area contributed by atoms with E-state index < -0.39 is 0 Å². The smallest absolute Gasteiger partial charge is 0.230 e. The maximum Gasteiger partial charge on any atom is 0.230 e. The standard InChI is InChI=1S/C18H17N5OS2/c1-11-7-8-25-15(11)9-19-16(24)10-26-18-21-14-6-4-3-5-13(14)17-20-12(2)22-23(17)18/h3-8H,9-10H2,1-2H3,(H,19,24). The summed E-state index contributed by atoms with van der Waals surface area (Å²) in [5.41, 5.74) is 2.83. The number of carbonyl (C=O) groups is 1. The first-order valence-corrected chi connectivity index (χ1v) is 10.0. The number of para-hydroxylation sites is 1. The Morgan fingerprint density at radius 3 is 2.88 bits per heavy atom. The van der Waals surface area contributed by atoms with Crippen molar-refractivity contribution in [3.05, 3.63) is 52.0 Å². The third-order valence-electron chi connectivity index (χ3n) is 4.00. The minimum atomic E-state index is -0.0252. The molecular formula is C18H17N5OS2. The molecule has 0 spiro atoms. The summed E-state index contributed by atoms with van der Waals surface area (Å²) in [7, 11) is 0. The predicted molar refractivity (Wildman–Crippen MR) is 105 cm³/mol. The highest BCUT2D eigenvalue weighted by atomic mass is 32.2. The zero-order valence-electron chi connectivity index (χ0n) is 14.4. The molecule has 0 fully saturated rings. The zero-order valence-corrected chi connectivity index (χ0v) is 16.0. The Kier molecular flexibility index (Phi) is 4.60. The Bertz CT molecular complexity index is 1100. The van der Waals surface area contributed by atoms with Crippen LogP contribution in [0.5, 0.6) is 0 Å². The predicted octanol–water partition coefficient (Wildman–Crippen LogP) is 3.36. The van der Waals surface area contributed by atoms with Gasteiger partial charge in [-0.05, 0) is 43.0 Å². The van der Waals surface area contributed by atoms with E-state index in [0.717, 1.165) is 16.6 Å². The van der Waals surface area contributed by atoms with Gasteiger partial charge in [0.2, 0.25) is 5.91 Å². The van der Waals surface area contributed by atoms with Gasteiger partial charge in [0, 0.05) is 10.3 Å². The number of thioether (sulfide) groups is 1. The van der Waals surface area contributed by atoms with Crippen LogP contribution >= 0.6 is 23.1 Å². The van der Waals surface area contributed by atoms with Crippen LogP contribution < -0.4 is 5.32 Å². The minimum absolute atomic E-state index is 0.0252. The summed E-state index contributed by atoms with van der Waals surface area (Å²) in [5, 5.41) is 11.1. The molecule has 132 valence electrons. The molecule has 0 unspecified atom stereocenters. The van der Waals surface area contributed by atoms with Gasteiger partial charge >= 0.3 is 0 Å². The third kappa shape index (κ3) is 3.30. The van der Waals surface area contributed by atoms with Gasteiger partial charge in [-0.25, -0.2) is 9.97 Å². The third-order valence-corrected chi connectivity index (χ3v) is 5.95. The van der Waals surface area contributed by atoms with E-state index in [1.807, 2.05) is 36.6 Å². The summed E-state index contributed by atoms with van der Waals surface area (Å²) < 4.78 is 1.72. The van der Waals surface area contributed by atoms with E-state index in [2.05, 4.69) is 33.4 Å². The van der Waals surface area contributed by atoms with Crippen LogP contribution in [0, 0.1) is 13.8 Å². The number of hydrogen-bond donors (Lipinski definition) is 1. The molecule has 0 saturated heterocycles. The van der Waals surface area contributed by atoms with Crippen LogP contribution in [-0.4, -0.2) is 31.2 Å². The van der Waals surface area contributed by atoms with Crippen molar-refractivity contribution in [3.8, 4) is 0 Å². The molecule has 0 aliphatic heterocycles. The molecule has 0 saturated carbocycles. The highest BCUT2D eigenvalue weighted by Crippen LogP contribution is 2.23. The summed E-state index contributed by atoms with van der Waals surface area (Å²) >= 11 is 3.02. The van der Waals surface area contributed by atoms with Crippen molar-refractivity contribution in [2.75, 3.05) is 5.75 Å². The summed E-state index contributed by atoms with van der Waals surface area (Å²) in [5.74, 6) is 0.939. The van der Waals surface area contributed by atoms with Gasteiger partial charge in [0.25, 0.3) is 0 Å². The van der Waals surface area contributed by atoms with E-state index in [9.17, 15) is 4.79 Å². The van der Waals surface area contributed by atoms with Gasteiger partial charge in [0.1, 0.15) is 5.82 Å². The summed E-state index contributed by atoms with van der Waals surface area (Å²) in [6, 6.07) is 9.89. The lowest BCUT2D eigenvalue weighted by Gasteiger charge is -2.07. The summed E-state index contributed by atoms with van der Waals surface area (Å²) in [4.78, 5) is 22.6. The van der Waals surface area contributed by atoms with Crippen LogP contribution in [0.4, 0.5) is 0 Å². The number of rotatable bonds is 5. The molecule has 1 aromatic carbocycles. The van der Waals surface area contributed by atoms with Gasteiger partial charge in [-0.2, -0.15) is 4.52 Å². The fourth-order valence-corrected chi connectivity index (χ4v) is 4.29. The Morgan fingerprint density at radius 1 is 1.23 bits per heavy atom. The number of thiophene rings is 1. The molecule has 3 aromatic heterocycles. The maximum absolute atomic E-state index is 12.2. The van der Waals surface area contributed by atoms with E-state index in [4.69, 9.17) is 0 Å². The average molecular weight is 384 g/mol. The Balaban J connectivity index is 1.53. The molecule has 0 aliphatic rings. The minimum Gasteiger partial charge on any atom is -0.350 e. The van der Waals surface area contributed by atoms with E-state index in [-0.39, 0.29) is 11.7 Å². The first-order valence-electron chi connectivity index (χ1n) is 8.16. The van der Waals surface area contributed by atoms with E-state index in [1.165, 1.54) is 22.2 Å². The monoisotopic (exact) mass is 383 g/mol. The second-order valence-corrected chi connectivity index (χ2v) is 7.84. The number of carbonyl (C=O) groups excluding carboxylic acids is 1. The van der Waals surface area contributed by atoms with Crippen molar-refractivity contribution in [3.63, 3.8) is 0 Å². The highest BCUT2D eigenvalue weighted by molar-refractivity contribution is 7.99.